The van der Waals surface area contributed by atoms with Gasteiger partial charge in [0.1, 0.15) is 5.54 Å². The molecule has 3 aromatic rings. The van der Waals surface area contributed by atoms with Crippen LogP contribution in [0.5, 0.6) is 0 Å². The van der Waals surface area contributed by atoms with E-state index in [4.69, 9.17) is 11.6 Å². The van der Waals surface area contributed by atoms with Crippen molar-refractivity contribution in [3.8, 4) is 0 Å². The van der Waals surface area contributed by atoms with Crippen LogP contribution in [0.25, 0.3) is 0 Å². The van der Waals surface area contributed by atoms with E-state index in [0.29, 0.717) is 34.1 Å². The Kier molecular flexibility index (Phi) is 6.04. The monoisotopic (exact) mass is 542 g/mol. The molecule has 39 heavy (non-hydrogen) atoms. The Hall–Kier alpha value is -4.01. The van der Waals surface area contributed by atoms with Gasteiger partial charge in [0.05, 0.1) is 24.1 Å². The second kappa shape index (κ2) is 9.32. The van der Waals surface area contributed by atoms with Crippen LogP contribution >= 0.6 is 11.6 Å². The molecular weight excluding hydrogens is 516 g/mol. The van der Waals surface area contributed by atoms with Gasteiger partial charge in [-0.15, -0.1) is 0 Å². The molecule has 2 saturated heterocycles. The zero-order chi connectivity index (χ0) is 27.5. The van der Waals surface area contributed by atoms with Gasteiger partial charge >= 0.3 is 0 Å². The second-order valence-corrected chi connectivity index (χ2v) is 10.6. The Bertz CT molecular complexity index is 1520. The highest BCUT2D eigenvalue weighted by molar-refractivity contribution is 6.31. The number of carbonyl (C=O) groups excluding carboxylic acids is 4. The third-order valence-corrected chi connectivity index (χ3v) is 8.41. The van der Waals surface area contributed by atoms with Crippen molar-refractivity contribution in [3.05, 3.63) is 88.9 Å². The van der Waals surface area contributed by atoms with Crippen LogP contribution in [-0.2, 0) is 31.3 Å². The van der Waals surface area contributed by atoms with E-state index in [1.54, 1.807) is 35.2 Å². The van der Waals surface area contributed by atoms with E-state index in [9.17, 15) is 19.2 Å². The fraction of sp³-hybridized carbons (Fsp3) is 0.267. The average Bonchev–Trinajstić information content (AvgIpc) is 3.49. The van der Waals surface area contributed by atoms with Gasteiger partial charge in [-0.3, -0.25) is 24.5 Å². The first kappa shape index (κ1) is 25.3. The van der Waals surface area contributed by atoms with Gasteiger partial charge in [-0.25, -0.2) is 4.90 Å². The average molecular weight is 543 g/mol. The lowest BCUT2D eigenvalue weighted by atomic mass is 9.76. The van der Waals surface area contributed by atoms with E-state index >= 15 is 0 Å². The highest BCUT2D eigenvalue weighted by Crippen LogP contribution is 2.55. The van der Waals surface area contributed by atoms with Gasteiger partial charge in [0.25, 0.3) is 5.91 Å². The standard InChI is InChI=1S/C30H27ClN4O4/c1-3-23-25-26(28(38)35(27(25)37)20-14-12-19(13-15-20)32-17(2)36)30(33-23)21-9-5-7-11-24(21)34(29(30)39)16-18-8-4-6-10-22(18)31/h4-15,23,25-26,33H,3,16H2,1-2H3,(H,32,36)/t23-,25-,26-,30-/m0/s1. The molecular formula is C30H27ClN4O4. The Morgan fingerprint density at radius 1 is 0.974 bits per heavy atom. The summed E-state index contributed by atoms with van der Waals surface area (Å²) in [7, 11) is 0. The number of fused-ring (bicyclic) bond motifs is 4. The van der Waals surface area contributed by atoms with Crippen LogP contribution in [-0.4, -0.2) is 29.7 Å². The first-order chi connectivity index (χ1) is 18.8. The van der Waals surface area contributed by atoms with Crippen LogP contribution in [0.1, 0.15) is 31.4 Å². The van der Waals surface area contributed by atoms with Crippen molar-refractivity contribution in [2.75, 3.05) is 15.1 Å². The molecule has 0 bridgehead atoms. The summed E-state index contributed by atoms with van der Waals surface area (Å²) in [5.41, 5.74) is 1.77. The zero-order valence-electron chi connectivity index (χ0n) is 21.5. The molecule has 8 nitrogen and oxygen atoms in total. The largest absolute Gasteiger partial charge is 0.326 e. The van der Waals surface area contributed by atoms with Crippen molar-refractivity contribution in [2.24, 2.45) is 11.8 Å². The minimum absolute atomic E-state index is 0.218. The summed E-state index contributed by atoms with van der Waals surface area (Å²) in [4.78, 5) is 56.7. The van der Waals surface area contributed by atoms with Crippen molar-refractivity contribution >= 4 is 52.3 Å². The molecule has 1 spiro atoms. The molecule has 0 aliphatic carbocycles. The Morgan fingerprint density at radius 2 is 1.67 bits per heavy atom. The molecule has 0 saturated carbocycles. The number of carbonyl (C=O) groups is 4. The minimum atomic E-state index is -1.37. The number of nitrogens with zero attached hydrogens (tertiary/aromatic N) is 2. The molecule has 4 atom stereocenters. The summed E-state index contributed by atoms with van der Waals surface area (Å²) in [6.07, 6.45) is 0.567. The number of halogens is 1. The summed E-state index contributed by atoms with van der Waals surface area (Å²) in [5, 5.41) is 6.72. The van der Waals surface area contributed by atoms with Gasteiger partial charge < -0.3 is 10.2 Å². The van der Waals surface area contributed by atoms with Crippen molar-refractivity contribution in [3.63, 3.8) is 0 Å². The third kappa shape index (κ3) is 3.70. The molecule has 0 aromatic heterocycles. The van der Waals surface area contributed by atoms with Crippen LogP contribution < -0.4 is 20.4 Å². The molecule has 9 heteroatoms. The van der Waals surface area contributed by atoms with E-state index < -0.39 is 23.3 Å². The summed E-state index contributed by atoms with van der Waals surface area (Å²) < 4.78 is 0. The Balaban J connectivity index is 1.43. The number of imide groups is 1. The summed E-state index contributed by atoms with van der Waals surface area (Å²) in [6.45, 7) is 3.60. The van der Waals surface area contributed by atoms with Crippen molar-refractivity contribution in [1.29, 1.82) is 0 Å². The van der Waals surface area contributed by atoms with Crippen molar-refractivity contribution < 1.29 is 19.2 Å². The maximum Gasteiger partial charge on any atom is 0.253 e. The highest BCUT2D eigenvalue weighted by Gasteiger charge is 2.71. The molecule has 198 valence electrons. The molecule has 0 unspecified atom stereocenters. The predicted molar refractivity (Wildman–Crippen MR) is 148 cm³/mol. The number of benzene rings is 3. The Labute approximate surface area is 230 Å². The highest BCUT2D eigenvalue weighted by atomic mass is 35.5. The first-order valence-electron chi connectivity index (χ1n) is 13.0. The minimum Gasteiger partial charge on any atom is -0.326 e. The summed E-state index contributed by atoms with van der Waals surface area (Å²) in [5.74, 6) is -2.83. The van der Waals surface area contributed by atoms with Gasteiger partial charge in [-0.05, 0) is 48.4 Å². The van der Waals surface area contributed by atoms with Crippen LogP contribution in [0.3, 0.4) is 0 Å². The number of anilines is 3. The summed E-state index contributed by atoms with van der Waals surface area (Å²) in [6, 6.07) is 21.0. The maximum atomic E-state index is 14.4. The number of nitrogens with one attached hydrogen (secondary N) is 2. The van der Waals surface area contributed by atoms with Gasteiger partial charge in [0.15, 0.2) is 0 Å². The molecule has 3 heterocycles. The SMILES string of the molecule is CC[C@@H]1N[C@]2(C(=O)N(Cc3ccccc3Cl)c3ccccc32)[C@@H]2C(=O)N(c3ccc(NC(C)=O)cc3)C(=O)[C@@H]12. The lowest BCUT2D eigenvalue weighted by Gasteiger charge is -2.30. The molecule has 0 radical (unpaired) electrons. The molecule has 6 rings (SSSR count). The van der Waals surface area contributed by atoms with Crippen LogP contribution in [0.2, 0.25) is 5.02 Å². The van der Waals surface area contributed by atoms with E-state index in [-0.39, 0.29) is 30.3 Å². The fourth-order valence-corrected chi connectivity index (χ4v) is 6.60. The number of rotatable bonds is 5. The van der Waals surface area contributed by atoms with Gasteiger partial charge in [0, 0.05) is 34.9 Å². The zero-order valence-corrected chi connectivity index (χ0v) is 22.2. The maximum absolute atomic E-state index is 14.4. The van der Waals surface area contributed by atoms with Crippen LogP contribution in [0.4, 0.5) is 17.1 Å². The topological polar surface area (TPSA) is 98.8 Å². The number of amides is 4. The molecule has 3 aromatic carbocycles. The van der Waals surface area contributed by atoms with Gasteiger partial charge in [0.2, 0.25) is 17.7 Å². The number of hydrogen-bond donors (Lipinski definition) is 2. The van der Waals surface area contributed by atoms with Crippen molar-refractivity contribution in [2.45, 2.75) is 38.4 Å². The van der Waals surface area contributed by atoms with Gasteiger partial charge in [-0.1, -0.05) is 54.9 Å². The normalized spacial score (nSPS) is 25.4. The summed E-state index contributed by atoms with van der Waals surface area (Å²) >= 11 is 6.45. The van der Waals surface area contributed by atoms with E-state index in [1.165, 1.54) is 11.8 Å². The molecule has 3 aliphatic rings. The lowest BCUT2D eigenvalue weighted by Crippen LogP contribution is -2.55. The smallest absolute Gasteiger partial charge is 0.253 e. The quantitative estimate of drug-likeness (QED) is 0.470. The molecule has 2 N–H and O–H groups in total. The molecule has 2 fully saturated rings. The molecule has 3 aliphatic heterocycles. The van der Waals surface area contributed by atoms with Crippen molar-refractivity contribution in [1.82, 2.24) is 5.32 Å². The Morgan fingerprint density at radius 3 is 2.36 bits per heavy atom. The molecule has 4 amide bonds. The fourth-order valence-electron chi connectivity index (χ4n) is 6.41. The van der Waals surface area contributed by atoms with Crippen LogP contribution in [0.15, 0.2) is 72.8 Å². The van der Waals surface area contributed by atoms with Crippen LogP contribution in [0, 0.1) is 11.8 Å². The second-order valence-electron chi connectivity index (χ2n) is 10.2. The lowest BCUT2D eigenvalue weighted by molar-refractivity contribution is -0.132. The van der Waals surface area contributed by atoms with E-state index in [1.807, 2.05) is 49.4 Å². The number of para-hydroxylation sites is 1. The van der Waals surface area contributed by atoms with Gasteiger partial charge in [-0.2, -0.15) is 0 Å². The van der Waals surface area contributed by atoms with E-state index in [0.717, 1.165) is 5.56 Å². The first-order valence-corrected chi connectivity index (χ1v) is 13.3. The number of hydrogen-bond acceptors (Lipinski definition) is 5. The third-order valence-electron chi connectivity index (χ3n) is 8.04. The van der Waals surface area contributed by atoms with E-state index in [2.05, 4.69) is 10.6 Å². The predicted octanol–water partition coefficient (Wildman–Crippen LogP) is 4.23.